The average molecular weight is 229 g/mol. The van der Waals surface area contributed by atoms with Crippen LogP contribution in [0.4, 0.5) is 0 Å². The fourth-order valence-electron chi connectivity index (χ4n) is 2.49. The zero-order valence-corrected chi connectivity index (χ0v) is 9.43. The van der Waals surface area contributed by atoms with Gasteiger partial charge in [-0.2, -0.15) is 0 Å². The predicted molar refractivity (Wildman–Crippen MR) is 57.4 cm³/mol. The third kappa shape index (κ3) is 2.93. The number of rotatable bonds is 4. The van der Waals surface area contributed by atoms with E-state index in [4.69, 9.17) is 14.6 Å². The van der Waals surface area contributed by atoms with Crippen LogP contribution in [0, 0.1) is 0 Å². The van der Waals surface area contributed by atoms with E-state index in [1.807, 2.05) is 0 Å². The van der Waals surface area contributed by atoms with E-state index in [-0.39, 0.29) is 18.6 Å². The van der Waals surface area contributed by atoms with Gasteiger partial charge in [0, 0.05) is 25.7 Å². The number of carbonyl (C=O) groups is 1. The van der Waals surface area contributed by atoms with Gasteiger partial charge in [0.05, 0.1) is 25.7 Å². The van der Waals surface area contributed by atoms with Crippen molar-refractivity contribution in [3.8, 4) is 0 Å². The van der Waals surface area contributed by atoms with Crippen LogP contribution in [-0.4, -0.2) is 61.0 Å². The first-order chi connectivity index (χ1) is 7.77. The number of aliphatic carboxylic acids is 1. The van der Waals surface area contributed by atoms with Crippen molar-refractivity contribution in [2.24, 2.45) is 0 Å². The topological polar surface area (TPSA) is 59.0 Å². The van der Waals surface area contributed by atoms with E-state index >= 15 is 0 Å². The molecule has 0 aromatic carbocycles. The van der Waals surface area contributed by atoms with Gasteiger partial charge in [-0.25, -0.2) is 0 Å². The molecule has 0 aromatic heterocycles. The van der Waals surface area contributed by atoms with Crippen molar-refractivity contribution in [3.63, 3.8) is 0 Å². The molecule has 0 radical (unpaired) electrons. The third-order valence-electron chi connectivity index (χ3n) is 3.29. The summed E-state index contributed by atoms with van der Waals surface area (Å²) >= 11 is 0. The van der Waals surface area contributed by atoms with Crippen molar-refractivity contribution in [1.29, 1.82) is 0 Å². The minimum absolute atomic E-state index is 0.0175. The molecule has 0 spiro atoms. The number of hydrogen-bond donors (Lipinski definition) is 1. The molecule has 2 rings (SSSR count). The molecule has 5 nitrogen and oxygen atoms in total. The summed E-state index contributed by atoms with van der Waals surface area (Å²) in [7, 11) is 0. The lowest BCUT2D eigenvalue weighted by molar-refractivity contribution is -0.140. The summed E-state index contributed by atoms with van der Waals surface area (Å²) in [6.45, 7) is 3.80. The standard InChI is InChI=1S/C11H19NO4/c13-11(14)8-9(10-2-1-5-16-10)12-3-6-15-7-4-12/h9-10H,1-8H2,(H,13,14). The second-order valence-electron chi connectivity index (χ2n) is 4.37. The summed E-state index contributed by atoms with van der Waals surface area (Å²) in [6.07, 6.45) is 2.29. The predicted octanol–water partition coefficient (Wildman–Crippen LogP) is 0.341. The maximum Gasteiger partial charge on any atom is 0.305 e. The Labute approximate surface area is 95.3 Å². The van der Waals surface area contributed by atoms with Crippen molar-refractivity contribution in [3.05, 3.63) is 0 Å². The van der Waals surface area contributed by atoms with E-state index in [2.05, 4.69) is 4.90 Å². The van der Waals surface area contributed by atoms with Crippen LogP contribution in [0.2, 0.25) is 0 Å². The fourth-order valence-corrected chi connectivity index (χ4v) is 2.49. The highest BCUT2D eigenvalue weighted by Gasteiger charge is 2.33. The SMILES string of the molecule is O=C(O)CC(C1CCCO1)N1CCOCC1. The molecule has 2 saturated heterocycles. The molecular formula is C11H19NO4. The molecule has 92 valence electrons. The number of carboxylic acids is 1. The van der Waals surface area contributed by atoms with Gasteiger partial charge in [-0.3, -0.25) is 9.69 Å². The maximum absolute atomic E-state index is 10.9. The molecule has 0 amide bonds. The Kier molecular flexibility index (Phi) is 4.15. The van der Waals surface area contributed by atoms with Crippen molar-refractivity contribution >= 4 is 5.97 Å². The van der Waals surface area contributed by atoms with Crippen LogP contribution in [0.3, 0.4) is 0 Å². The number of nitrogens with zero attached hydrogens (tertiary/aromatic N) is 1. The largest absolute Gasteiger partial charge is 0.481 e. The molecular weight excluding hydrogens is 210 g/mol. The van der Waals surface area contributed by atoms with Gasteiger partial charge in [-0.15, -0.1) is 0 Å². The summed E-state index contributed by atoms with van der Waals surface area (Å²) in [6, 6.07) is 0.0175. The Balaban J connectivity index is 1.96. The van der Waals surface area contributed by atoms with Gasteiger partial charge >= 0.3 is 5.97 Å². The minimum atomic E-state index is -0.744. The normalized spacial score (nSPS) is 29.1. The quantitative estimate of drug-likeness (QED) is 0.753. The molecule has 0 saturated carbocycles. The maximum atomic E-state index is 10.9. The summed E-state index contributed by atoms with van der Waals surface area (Å²) in [5.74, 6) is -0.744. The number of carboxylic acid groups (broad SMARTS) is 1. The van der Waals surface area contributed by atoms with Gasteiger partial charge in [0.25, 0.3) is 0 Å². The van der Waals surface area contributed by atoms with Crippen LogP contribution >= 0.6 is 0 Å². The Morgan fingerprint density at radius 1 is 1.38 bits per heavy atom. The van der Waals surface area contributed by atoms with Gasteiger partial charge in [-0.1, -0.05) is 0 Å². The van der Waals surface area contributed by atoms with Gasteiger partial charge in [0.2, 0.25) is 0 Å². The lowest BCUT2D eigenvalue weighted by Gasteiger charge is -2.36. The van der Waals surface area contributed by atoms with Crippen LogP contribution in [-0.2, 0) is 14.3 Å². The first-order valence-electron chi connectivity index (χ1n) is 5.92. The van der Waals surface area contributed by atoms with Gasteiger partial charge in [0.15, 0.2) is 0 Å². The van der Waals surface area contributed by atoms with Crippen molar-refractivity contribution in [2.75, 3.05) is 32.9 Å². The molecule has 2 unspecified atom stereocenters. The Morgan fingerprint density at radius 2 is 2.12 bits per heavy atom. The fraction of sp³-hybridized carbons (Fsp3) is 0.909. The van der Waals surface area contributed by atoms with E-state index in [9.17, 15) is 4.79 Å². The minimum Gasteiger partial charge on any atom is -0.481 e. The van der Waals surface area contributed by atoms with Crippen molar-refractivity contribution in [1.82, 2.24) is 4.90 Å². The van der Waals surface area contributed by atoms with E-state index in [1.54, 1.807) is 0 Å². The smallest absolute Gasteiger partial charge is 0.305 e. The highest BCUT2D eigenvalue weighted by atomic mass is 16.5. The monoisotopic (exact) mass is 229 g/mol. The second-order valence-corrected chi connectivity index (χ2v) is 4.37. The number of ether oxygens (including phenoxy) is 2. The molecule has 2 atom stereocenters. The molecule has 2 heterocycles. The molecule has 2 aliphatic rings. The highest BCUT2D eigenvalue weighted by molar-refractivity contribution is 5.67. The second kappa shape index (κ2) is 5.61. The molecule has 0 aliphatic carbocycles. The van der Waals surface area contributed by atoms with E-state index in [0.717, 1.165) is 32.5 Å². The van der Waals surface area contributed by atoms with Crippen LogP contribution in [0.5, 0.6) is 0 Å². The molecule has 0 bridgehead atoms. The van der Waals surface area contributed by atoms with Crippen molar-refractivity contribution < 1.29 is 19.4 Å². The van der Waals surface area contributed by atoms with Crippen LogP contribution in [0.1, 0.15) is 19.3 Å². The van der Waals surface area contributed by atoms with Gasteiger partial charge < -0.3 is 14.6 Å². The van der Waals surface area contributed by atoms with Crippen molar-refractivity contribution in [2.45, 2.75) is 31.4 Å². The molecule has 1 N–H and O–H groups in total. The van der Waals surface area contributed by atoms with E-state index in [1.165, 1.54) is 0 Å². The molecule has 2 fully saturated rings. The summed E-state index contributed by atoms with van der Waals surface area (Å²) in [5, 5.41) is 8.96. The zero-order valence-electron chi connectivity index (χ0n) is 9.43. The lowest BCUT2D eigenvalue weighted by atomic mass is 10.0. The Morgan fingerprint density at radius 3 is 2.69 bits per heavy atom. The zero-order chi connectivity index (χ0) is 11.4. The van der Waals surface area contributed by atoms with Gasteiger partial charge in [0.1, 0.15) is 0 Å². The first-order valence-corrected chi connectivity index (χ1v) is 5.92. The molecule has 0 aromatic rings. The third-order valence-corrected chi connectivity index (χ3v) is 3.29. The van der Waals surface area contributed by atoms with Gasteiger partial charge in [-0.05, 0) is 12.8 Å². The van der Waals surface area contributed by atoms with E-state index < -0.39 is 5.97 Å². The Bertz CT molecular complexity index is 234. The summed E-state index contributed by atoms with van der Waals surface area (Å²) in [4.78, 5) is 13.1. The van der Waals surface area contributed by atoms with Crippen LogP contribution in [0.15, 0.2) is 0 Å². The number of hydrogen-bond acceptors (Lipinski definition) is 4. The molecule has 16 heavy (non-hydrogen) atoms. The van der Waals surface area contributed by atoms with Crippen LogP contribution < -0.4 is 0 Å². The lowest BCUT2D eigenvalue weighted by Crippen LogP contribution is -2.49. The average Bonchev–Trinajstić information content (AvgIpc) is 2.80. The first kappa shape index (κ1) is 11.8. The summed E-state index contributed by atoms with van der Waals surface area (Å²) < 4.78 is 10.9. The van der Waals surface area contributed by atoms with E-state index in [0.29, 0.717) is 13.2 Å². The highest BCUT2D eigenvalue weighted by Crippen LogP contribution is 2.22. The molecule has 5 heteroatoms. The number of morpholine rings is 1. The molecule has 2 aliphatic heterocycles. The van der Waals surface area contributed by atoms with Crippen LogP contribution in [0.25, 0.3) is 0 Å². The summed E-state index contributed by atoms with van der Waals surface area (Å²) in [5.41, 5.74) is 0. The Hall–Kier alpha value is -0.650.